The molecule has 0 bridgehead atoms. The number of thioether (sulfide) groups is 1. The topological polar surface area (TPSA) is 36.7 Å². The lowest BCUT2D eigenvalue weighted by atomic mass is 10.1. The molecule has 2 nitrogen and oxygen atoms in total. The molecular weight excluding hydrogens is 228 g/mol. The van der Waals surface area contributed by atoms with E-state index in [1.807, 2.05) is 6.92 Å². The SMILES string of the molecule is Cc1cc(C)c2nc(C)cc(SCC#N)c2c1. The van der Waals surface area contributed by atoms with Crippen molar-refractivity contribution < 1.29 is 0 Å². The van der Waals surface area contributed by atoms with Gasteiger partial charge in [0.15, 0.2) is 0 Å². The summed E-state index contributed by atoms with van der Waals surface area (Å²) in [6.45, 7) is 6.17. The van der Waals surface area contributed by atoms with Crippen LogP contribution in [0.15, 0.2) is 23.1 Å². The second-order valence-electron chi connectivity index (χ2n) is 4.19. The lowest BCUT2D eigenvalue weighted by molar-refractivity contribution is 1.20. The zero-order chi connectivity index (χ0) is 12.4. The van der Waals surface area contributed by atoms with Gasteiger partial charge in [-0.1, -0.05) is 11.6 Å². The maximum atomic E-state index is 8.69. The van der Waals surface area contributed by atoms with Crippen LogP contribution in [-0.4, -0.2) is 10.7 Å². The number of hydrogen-bond acceptors (Lipinski definition) is 3. The highest BCUT2D eigenvalue weighted by Crippen LogP contribution is 2.30. The van der Waals surface area contributed by atoms with Crippen LogP contribution in [-0.2, 0) is 0 Å². The minimum absolute atomic E-state index is 0.478. The lowest BCUT2D eigenvalue weighted by Gasteiger charge is -2.09. The number of aromatic nitrogens is 1. The molecule has 0 aliphatic heterocycles. The highest BCUT2D eigenvalue weighted by molar-refractivity contribution is 7.99. The zero-order valence-corrected chi connectivity index (χ0v) is 11.1. The number of fused-ring (bicyclic) bond motifs is 1. The number of benzene rings is 1. The largest absolute Gasteiger partial charge is 0.253 e. The first-order chi connectivity index (χ1) is 8.11. The molecule has 1 aromatic carbocycles. The van der Waals surface area contributed by atoms with Gasteiger partial charge in [-0.15, -0.1) is 11.8 Å². The standard InChI is InChI=1S/C14H14N2S/c1-9-6-10(2)14-12(7-9)13(17-5-4-15)8-11(3)16-14/h6-8H,5H2,1-3H3. The first kappa shape index (κ1) is 11.9. The molecule has 0 atom stereocenters. The van der Waals surface area contributed by atoms with E-state index in [1.54, 1.807) is 11.8 Å². The van der Waals surface area contributed by atoms with Gasteiger partial charge in [0.25, 0.3) is 0 Å². The summed E-state index contributed by atoms with van der Waals surface area (Å²) in [7, 11) is 0. The Balaban J connectivity index is 2.69. The normalized spacial score (nSPS) is 10.5. The Morgan fingerprint density at radius 3 is 2.71 bits per heavy atom. The Kier molecular flexibility index (Phi) is 3.35. The van der Waals surface area contributed by atoms with E-state index in [9.17, 15) is 0 Å². The van der Waals surface area contributed by atoms with Crippen LogP contribution < -0.4 is 0 Å². The van der Waals surface area contributed by atoms with Crippen LogP contribution in [0.1, 0.15) is 16.8 Å². The van der Waals surface area contributed by atoms with Crippen molar-refractivity contribution in [3.63, 3.8) is 0 Å². The van der Waals surface area contributed by atoms with E-state index in [2.05, 4.69) is 43.1 Å². The molecule has 0 fully saturated rings. The van der Waals surface area contributed by atoms with Crippen molar-refractivity contribution in [1.29, 1.82) is 5.26 Å². The minimum Gasteiger partial charge on any atom is -0.253 e. The van der Waals surface area contributed by atoms with E-state index < -0.39 is 0 Å². The predicted octanol–water partition coefficient (Wildman–Crippen LogP) is 3.78. The second-order valence-corrected chi connectivity index (χ2v) is 5.20. The number of rotatable bonds is 2. The summed E-state index contributed by atoms with van der Waals surface area (Å²) < 4.78 is 0. The number of aryl methyl sites for hydroxylation is 3. The molecular formula is C14H14N2S. The average molecular weight is 242 g/mol. The Labute approximate surface area is 106 Å². The van der Waals surface area contributed by atoms with Gasteiger partial charge in [0.2, 0.25) is 0 Å². The van der Waals surface area contributed by atoms with Crippen LogP contribution in [0.2, 0.25) is 0 Å². The van der Waals surface area contributed by atoms with Crippen LogP contribution in [0, 0.1) is 32.1 Å². The number of nitrogens with zero attached hydrogens (tertiary/aromatic N) is 2. The van der Waals surface area contributed by atoms with E-state index in [0.717, 1.165) is 21.5 Å². The summed E-state index contributed by atoms with van der Waals surface area (Å²) in [5.74, 6) is 0.478. The fourth-order valence-corrected chi connectivity index (χ4v) is 2.79. The van der Waals surface area contributed by atoms with E-state index in [1.165, 1.54) is 11.1 Å². The predicted molar refractivity (Wildman–Crippen MR) is 72.3 cm³/mol. The molecule has 0 radical (unpaired) electrons. The average Bonchev–Trinajstić information content (AvgIpc) is 2.27. The summed E-state index contributed by atoms with van der Waals surface area (Å²) in [6.07, 6.45) is 0. The maximum Gasteiger partial charge on any atom is 0.0855 e. The molecule has 3 heteroatoms. The third-order valence-electron chi connectivity index (χ3n) is 2.63. The van der Waals surface area contributed by atoms with Crippen molar-refractivity contribution in [2.45, 2.75) is 25.7 Å². The summed E-state index contributed by atoms with van der Waals surface area (Å²) >= 11 is 1.58. The van der Waals surface area contributed by atoms with Gasteiger partial charge in [-0.3, -0.25) is 4.98 Å². The number of hydrogen-bond donors (Lipinski definition) is 0. The molecule has 0 spiro atoms. The van der Waals surface area contributed by atoms with Crippen LogP contribution >= 0.6 is 11.8 Å². The molecule has 0 saturated heterocycles. The molecule has 0 aliphatic carbocycles. The molecule has 2 rings (SSSR count). The molecule has 1 heterocycles. The van der Waals surface area contributed by atoms with Crippen LogP contribution in [0.25, 0.3) is 10.9 Å². The third-order valence-corrected chi connectivity index (χ3v) is 3.55. The fraction of sp³-hybridized carbons (Fsp3) is 0.286. The van der Waals surface area contributed by atoms with Crippen molar-refractivity contribution in [3.05, 3.63) is 35.0 Å². The zero-order valence-electron chi connectivity index (χ0n) is 10.2. The van der Waals surface area contributed by atoms with E-state index in [0.29, 0.717) is 5.75 Å². The van der Waals surface area contributed by atoms with Crippen molar-refractivity contribution in [1.82, 2.24) is 4.98 Å². The van der Waals surface area contributed by atoms with Crippen molar-refractivity contribution in [2.75, 3.05) is 5.75 Å². The van der Waals surface area contributed by atoms with Crippen molar-refractivity contribution in [3.8, 4) is 6.07 Å². The lowest BCUT2D eigenvalue weighted by Crippen LogP contribution is -1.91. The first-order valence-electron chi connectivity index (χ1n) is 5.50. The molecule has 0 unspecified atom stereocenters. The van der Waals surface area contributed by atoms with Gasteiger partial charge in [0, 0.05) is 16.0 Å². The van der Waals surface area contributed by atoms with Crippen LogP contribution in [0.4, 0.5) is 0 Å². The maximum absolute atomic E-state index is 8.69. The monoisotopic (exact) mass is 242 g/mol. The van der Waals surface area contributed by atoms with E-state index in [4.69, 9.17) is 5.26 Å². The molecule has 0 aliphatic rings. The molecule has 0 amide bonds. The third kappa shape index (κ3) is 2.42. The Morgan fingerprint density at radius 1 is 1.24 bits per heavy atom. The quantitative estimate of drug-likeness (QED) is 0.752. The van der Waals surface area contributed by atoms with Crippen molar-refractivity contribution in [2.24, 2.45) is 0 Å². The van der Waals surface area contributed by atoms with E-state index >= 15 is 0 Å². The van der Waals surface area contributed by atoms with Gasteiger partial charge in [-0.2, -0.15) is 5.26 Å². The van der Waals surface area contributed by atoms with Gasteiger partial charge in [-0.05, 0) is 38.5 Å². The second kappa shape index (κ2) is 4.77. The van der Waals surface area contributed by atoms with Crippen LogP contribution in [0.5, 0.6) is 0 Å². The van der Waals surface area contributed by atoms with Crippen molar-refractivity contribution >= 4 is 22.7 Å². The molecule has 0 N–H and O–H groups in total. The summed E-state index contributed by atoms with van der Waals surface area (Å²) in [6, 6.07) is 8.52. The van der Waals surface area contributed by atoms with Gasteiger partial charge in [0.1, 0.15) is 0 Å². The molecule has 2 aromatic rings. The Morgan fingerprint density at radius 2 is 2.00 bits per heavy atom. The van der Waals surface area contributed by atoms with E-state index in [-0.39, 0.29) is 0 Å². The highest BCUT2D eigenvalue weighted by Gasteiger charge is 2.07. The Bertz CT molecular complexity index is 612. The smallest absolute Gasteiger partial charge is 0.0855 e. The molecule has 17 heavy (non-hydrogen) atoms. The summed E-state index contributed by atoms with van der Waals surface area (Å²) in [5.41, 5.74) is 4.49. The van der Waals surface area contributed by atoms with Gasteiger partial charge in [0.05, 0.1) is 17.3 Å². The van der Waals surface area contributed by atoms with Gasteiger partial charge >= 0.3 is 0 Å². The first-order valence-corrected chi connectivity index (χ1v) is 6.48. The molecule has 86 valence electrons. The number of pyridine rings is 1. The number of nitriles is 1. The molecule has 1 aromatic heterocycles. The van der Waals surface area contributed by atoms with Gasteiger partial charge in [-0.25, -0.2) is 0 Å². The fourth-order valence-electron chi connectivity index (χ4n) is 2.00. The Hall–Kier alpha value is -1.53. The minimum atomic E-state index is 0.478. The van der Waals surface area contributed by atoms with Crippen LogP contribution in [0.3, 0.4) is 0 Å². The highest BCUT2D eigenvalue weighted by atomic mass is 32.2. The van der Waals surface area contributed by atoms with Gasteiger partial charge < -0.3 is 0 Å². The summed E-state index contributed by atoms with van der Waals surface area (Å²) in [5, 5.41) is 9.85. The summed E-state index contributed by atoms with van der Waals surface area (Å²) in [4.78, 5) is 5.74. The molecule has 0 saturated carbocycles.